The van der Waals surface area contributed by atoms with Gasteiger partial charge in [0, 0.05) is 13.5 Å². The van der Waals surface area contributed by atoms with Gasteiger partial charge in [0.25, 0.3) is 0 Å². The molecule has 0 spiro atoms. The van der Waals surface area contributed by atoms with Crippen LogP contribution in [-0.2, 0) is 9.59 Å². The number of hydrogen-bond donors (Lipinski definition) is 0. The standard InChI is InChI=1S/C16H36N.C15H29NO3/c1-5-9-13-17(14-10-6-2,15-11-7-3)16-12-8-4;1-3-4-5-6-7-8-9-10-11-12-14(17)16(2)13-15(18)19/h5-16H2,1-4H3;3-13H2,1-2H3,(H,18,19)/q+1;/p-1. The molecule has 0 N–H and O–H groups in total. The second kappa shape index (κ2) is 26.9. The number of carbonyl (C=O) groups is 2. The summed E-state index contributed by atoms with van der Waals surface area (Å²) in [6.45, 7) is 16.9. The van der Waals surface area contributed by atoms with E-state index in [0.717, 1.165) is 12.8 Å². The van der Waals surface area contributed by atoms with E-state index in [9.17, 15) is 14.7 Å². The Morgan fingerprint density at radius 1 is 0.556 bits per heavy atom. The Bertz CT molecular complexity index is 459. The van der Waals surface area contributed by atoms with Crippen molar-refractivity contribution in [3.05, 3.63) is 0 Å². The van der Waals surface area contributed by atoms with Crippen molar-refractivity contribution in [3.63, 3.8) is 0 Å². The molecule has 0 rings (SSSR count). The predicted octanol–water partition coefficient (Wildman–Crippen LogP) is 7.12. The molecule has 0 unspecified atom stereocenters. The van der Waals surface area contributed by atoms with Crippen LogP contribution in [0.1, 0.15) is 150 Å². The molecule has 0 atom stereocenters. The van der Waals surface area contributed by atoms with Gasteiger partial charge < -0.3 is 19.3 Å². The highest BCUT2D eigenvalue weighted by Gasteiger charge is 2.24. The van der Waals surface area contributed by atoms with Crippen molar-refractivity contribution in [1.29, 1.82) is 0 Å². The molecule has 0 aromatic heterocycles. The number of carboxylic acid groups (broad SMARTS) is 1. The fourth-order valence-corrected chi connectivity index (χ4v) is 4.70. The summed E-state index contributed by atoms with van der Waals surface area (Å²) in [6.07, 6.45) is 22.4. The van der Waals surface area contributed by atoms with Crippen LogP contribution in [0.5, 0.6) is 0 Å². The van der Waals surface area contributed by atoms with Gasteiger partial charge in [0.05, 0.1) is 38.7 Å². The molecule has 0 radical (unpaired) electrons. The van der Waals surface area contributed by atoms with E-state index in [1.165, 1.54) is 139 Å². The largest absolute Gasteiger partial charge is 0.548 e. The van der Waals surface area contributed by atoms with Gasteiger partial charge >= 0.3 is 0 Å². The van der Waals surface area contributed by atoms with Crippen molar-refractivity contribution < 1.29 is 19.2 Å². The van der Waals surface area contributed by atoms with Crippen LogP contribution < -0.4 is 5.11 Å². The minimum atomic E-state index is -1.21. The topological polar surface area (TPSA) is 60.4 Å². The van der Waals surface area contributed by atoms with E-state index >= 15 is 0 Å². The molecule has 0 bridgehead atoms. The minimum absolute atomic E-state index is 0.104. The third-order valence-corrected chi connectivity index (χ3v) is 7.23. The van der Waals surface area contributed by atoms with Crippen molar-refractivity contribution in [2.75, 3.05) is 39.8 Å². The van der Waals surface area contributed by atoms with E-state index in [2.05, 4.69) is 34.6 Å². The molecule has 5 heteroatoms. The van der Waals surface area contributed by atoms with E-state index in [0.29, 0.717) is 6.42 Å². The lowest BCUT2D eigenvalue weighted by Gasteiger charge is -2.39. The first-order valence-corrected chi connectivity index (χ1v) is 15.6. The van der Waals surface area contributed by atoms with Crippen molar-refractivity contribution in [2.45, 2.75) is 150 Å². The molecule has 0 aliphatic rings. The zero-order valence-corrected chi connectivity index (χ0v) is 25.4. The highest BCUT2D eigenvalue weighted by Crippen LogP contribution is 2.16. The SMILES string of the molecule is CCCCCCCCCCCC(=O)N(C)CC(=O)[O-].CCCC[N+](CCCC)(CCCC)CCCC. The molecule has 36 heavy (non-hydrogen) atoms. The Labute approximate surface area is 226 Å². The van der Waals surface area contributed by atoms with Crippen LogP contribution in [0, 0.1) is 0 Å². The van der Waals surface area contributed by atoms with E-state index in [4.69, 9.17) is 0 Å². The molecule has 0 heterocycles. The quantitative estimate of drug-likeness (QED) is 0.102. The summed E-state index contributed by atoms with van der Waals surface area (Å²) in [7, 11) is 1.51. The second-order valence-corrected chi connectivity index (χ2v) is 10.9. The zero-order chi connectivity index (χ0) is 27.5. The minimum Gasteiger partial charge on any atom is -0.548 e. The molecule has 1 amide bonds. The lowest BCUT2D eigenvalue weighted by atomic mass is 10.1. The maximum Gasteiger partial charge on any atom is 0.222 e. The van der Waals surface area contributed by atoms with Gasteiger partial charge in [-0.25, -0.2) is 0 Å². The number of carbonyl (C=O) groups excluding carboxylic acids is 2. The van der Waals surface area contributed by atoms with Crippen LogP contribution in [0.2, 0.25) is 0 Å². The second-order valence-electron chi connectivity index (χ2n) is 10.9. The van der Waals surface area contributed by atoms with Gasteiger partial charge in [0.2, 0.25) is 5.91 Å². The molecule has 0 saturated carbocycles. The van der Waals surface area contributed by atoms with Crippen LogP contribution in [0.15, 0.2) is 0 Å². The van der Waals surface area contributed by atoms with Crippen molar-refractivity contribution in [3.8, 4) is 0 Å². The van der Waals surface area contributed by atoms with E-state index < -0.39 is 5.97 Å². The van der Waals surface area contributed by atoms with Crippen LogP contribution >= 0.6 is 0 Å². The van der Waals surface area contributed by atoms with Gasteiger partial charge in [-0.15, -0.1) is 0 Å². The summed E-state index contributed by atoms with van der Waals surface area (Å²) in [5.74, 6) is -1.31. The average molecular weight is 513 g/mol. The number of amides is 1. The van der Waals surface area contributed by atoms with Crippen LogP contribution in [0.25, 0.3) is 0 Å². The molecule has 0 aliphatic heterocycles. The van der Waals surface area contributed by atoms with Crippen LogP contribution in [0.4, 0.5) is 0 Å². The van der Waals surface area contributed by atoms with E-state index in [1.807, 2.05) is 0 Å². The molecule has 0 aromatic carbocycles. The molecule has 0 saturated heterocycles. The highest BCUT2D eigenvalue weighted by atomic mass is 16.4. The first-order chi connectivity index (χ1) is 17.3. The van der Waals surface area contributed by atoms with Gasteiger partial charge in [0.15, 0.2) is 0 Å². The summed E-state index contributed by atoms with van der Waals surface area (Å²) in [4.78, 5) is 23.1. The maximum absolute atomic E-state index is 11.5. The van der Waals surface area contributed by atoms with Crippen molar-refractivity contribution >= 4 is 11.9 Å². The Morgan fingerprint density at radius 3 is 1.22 bits per heavy atom. The van der Waals surface area contributed by atoms with Gasteiger partial charge in [0.1, 0.15) is 0 Å². The monoisotopic (exact) mass is 512 g/mol. The lowest BCUT2D eigenvalue weighted by Crippen LogP contribution is -2.50. The molecule has 0 aliphatic carbocycles. The first-order valence-electron chi connectivity index (χ1n) is 15.6. The van der Waals surface area contributed by atoms with E-state index in [1.54, 1.807) is 0 Å². The number of likely N-dealkylation sites (N-methyl/N-ethyl adjacent to an activating group) is 1. The highest BCUT2D eigenvalue weighted by molar-refractivity contribution is 5.80. The average Bonchev–Trinajstić information content (AvgIpc) is 2.86. The molecule has 0 aromatic rings. The van der Waals surface area contributed by atoms with Crippen LogP contribution in [-0.4, -0.2) is 61.0 Å². The summed E-state index contributed by atoms with van der Waals surface area (Å²) >= 11 is 0. The molecular formula is C31H64N2O3. The molecule has 5 nitrogen and oxygen atoms in total. The fourth-order valence-electron chi connectivity index (χ4n) is 4.70. The summed E-state index contributed by atoms with van der Waals surface area (Å²) in [5.41, 5.74) is 0. The Balaban J connectivity index is 0. The third-order valence-electron chi connectivity index (χ3n) is 7.23. The molecule has 216 valence electrons. The number of rotatable bonds is 24. The Morgan fingerprint density at radius 2 is 0.889 bits per heavy atom. The third kappa shape index (κ3) is 23.3. The van der Waals surface area contributed by atoms with Gasteiger partial charge in [-0.1, -0.05) is 112 Å². The summed E-state index contributed by atoms with van der Waals surface area (Å²) < 4.78 is 1.42. The molecular weight excluding hydrogens is 448 g/mol. The number of carboxylic acids is 1. The van der Waals surface area contributed by atoms with E-state index in [-0.39, 0.29) is 12.5 Å². The number of nitrogens with zero attached hydrogens (tertiary/aromatic N) is 2. The van der Waals surface area contributed by atoms with Crippen molar-refractivity contribution in [1.82, 2.24) is 4.90 Å². The number of hydrogen-bond acceptors (Lipinski definition) is 3. The first kappa shape index (κ1) is 37.1. The Hall–Kier alpha value is -1.10. The fraction of sp³-hybridized carbons (Fsp3) is 0.935. The summed E-state index contributed by atoms with van der Waals surface area (Å²) in [5, 5.41) is 10.3. The zero-order valence-electron chi connectivity index (χ0n) is 25.4. The lowest BCUT2D eigenvalue weighted by molar-refractivity contribution is -0.929. The Kier molecular flexibility index (Phi) is 27.7. The van der Waals surface area contributed by atoms with Gasteiger partial charge in [-0.05, 0) is 32.1 Å². The summed E-state index contributed by atoms with van der Waals surface area (Å²) in [6, 6.07) is 0. The molecule has 0 fully saturated rings. The smallest absolute Gasteiger partial charge is 0.222 e. The van der Waals surface area contributed by atoms with Crippen molar-refractivity contribution in [2.24, 2.45) is 0 Å². The number of unbranched alkanes of at least 4 members (excludes halogenated alkanes) is 12. The predicted molar refractivity (Wildman–Crippen MR) is 154 cm³/mol. The number of aliphatic carboxylic acids is 1. The van der Waals surface area contributed by atoms with Gasteiger partial charge in [-0.3, -0.25) is 4.79 Å². The normalized spacial score (nSPS) is 11.2. The maximum atomic E-state index is 11.5. The van der Waals surface area contributed by atoms with Crippen LogP contribution in [0.3, 0.4) is 0 Å². The number of quaternary nitrogens is 1. The van der Waals surface area contributed by atoms with Gasteiger partial charge in [-0.2, -0.15) is 0 Å².